The molecular weight excluding hydrogens is 281 g/mol. The molecule has 0 saturated heterocycles. The van der Waals surface area contributed by atoms with E-state index in [4.69, 9.17) is 46.4 Å². The zero-order valence-corrected chi connectivity index (χ0v) is 11.9. The molecule has 0 N–H and O–H groups in total. The van der Waals surface area contributed by atoms with Crippen molar-refractivity contribution in [3.05, 3.63) is 31.7 Å². The van der Waals surface area contributed by atoms with Crippen LogP contribution in [0, 0.1) is 0 Å². The molecule has 2 nitrogen and oxygen atoms in total. The molecule has 0 atom stereocenters. The molecule has 14 heavy (non-hydrogen) atoms. The predicted molar refractivity (Wildman–Crippen MR) is 50.8 cm³/mol. The fraction of sp³-hybridized carbons (Fsp3) is 0. The molecular formula is C7HCl4NaO2. The fourth-order valence-electron chi connectivity index (χ4n) is 0.721. The van der Waals surface area contributed by atoms with Crippen molar-refractivity contribution in [2.45, 2.75) is 0 Å². The van der Waals surface area contributed by atoms with Crippen LogP contribution >= 0.6 is 46.4 Å². The van der Waals surface area contributed by atoms with Crippen LogP contribution in [-0.4, -0.2) is 5.97 Å². The Morgan fingerprint density at radius 3 is 2.00 bits per heavy atom. The summed E-state index contributed by atoms with van der Waals surface area (Å²) in [5.41, 5.74) is -0.277. The molecule has 1 rings (SSSR count). The van der Waals surface area contributed by atoms with Crippen LogP contribution in [0.4, 0.5) is 0 Å². The second-order valence-corrected chi connectivity index (χ2v) is 3.68. The summed E-state index contributed by atoms with van der Waals surface area (Å²) in [6.07, 6.45) is 0. The van der Waals surface area contributed by atoms with Crippen LogP contribution in [0.2, 0.25) is 20.1 Å². The summed E-state index contributed by atoms with van der Waals surface area (Å²) in [4.78, 5) is 10.5. The number of hydrogen-bond donors (Lipinski definition) is 0. The number of rotatable bonds is 1. The maximum absolute atomic E-state index is 10.5. The molecule has 0 radical (unpaired) electrons. The van der Waals surface area contributed by atoms with Gasteiger partial charge in [0.05, 0.1) is 26.1 Å². The average Bonchev–Trinajstić information content (AvgIpc) is 2.07. The minimum atomic E-state index is -1.45. The van der Waals surface area contributed by atoms with E-state index in [0.29, 0.717) is 0 Å². The van der Waals surface area contributed by atoms with Gasteiger partial charge in [-0.05, 0) is 6.07 Å². The normalized spacial score (nSPS) is 9.43. The molecule has 0 fully saturated rings. The zero-order valence-electron chi connectivity index (χ0n) is 6.91. The van der Waals surface area contributed by atoms with Gasteiger partial charge in [-0.1, -0.05) is 46.4 Å². The maximum atomic E-state index is 10.5. The van der Waals surface area contributed by atoms with E-state index in [1.165, 1.54) is 0 Å². The van der Waals surface area contributed by atoms with Crippen molar-refractivity contribution in [2.24, 2.45) is 0 Å². The van der Waals surface area contributed by atoms with E-state index in [1.54, 1.807) is 0 Å². The third-order valence-electron chi connectivity index (χ3n) is 1.32. The molecule has 0 amide bonds. The van der Waals surface area contributed by atoms with Crippen LogP contribution in [0.15, 0.2) is 6.07 Å². The Morgan fingerprint density at radius 2 is 1.57 bits per heavy atom. The summed E-state index contributed by atoms with van der Waals surface area (Å²) < 4.78 is 0. The number of hydrogen-bond acceptors (Lipinski definition) is 2. The van der Waals surface area contributed by atoms with Crippen molar-refractivity contribution in [1.82, 2.24) is 0 Å². The zero-order chi connectivity index (χ0) is 10.2. The molecule has 0 bridgehead atoms. The molecule has 0 heterocycles. The van der Waals surface area contributed by atoms with E-state index in [0.717, 1.165) is 6.07 Å². The monoisotopic (exact) mass is 280 g/mol. The maximum Gasteiger partial charge on any atom is 1.00 e. The van der Waals surface area contributed by atoms with Crippen molar-refractivity contribution in [2.75, 3.05) is 0 Å². The van der Waals surface area contributed by atoms with Crippen molar-refractivity contribution in [3.63, 3.8) is 0 Å². The molecule has 0 spiro atoms. The minimum absolute atomic E-state index is 0. The van der Waals surface area contributed by atoms with Crippen LogP contribution in [0.1, 0.15) is 10.4 Å². The number of carbonyl (C=O) groups is 1. The Morgan fingerprint density at radius 1 is 1.07 bits per heavy atom. The van der Waals surface area contributed by atoms with Gasteiger partial charge in [-0.3, -0.25) is 0 Å². The van der Waals surface area contributed by atoms with E-state index in [2.05, 4.69) is 0 Å². The molecule has 0 saturated carbocycles. The summed E-state index contributed by atoms with van der Waals surface area (Å²) in [5, 5.41) is 10.3. The Bertz CT molecular complexity index is 380. The predicted octanol–water partition coefficient (Wildman–Crippen LogP) is -0.332. The smallest absolute Gasteiger partial charge is 0.545 e. The van der Waals surface area contributed by atoms with Gasteiger partial charge in [0.2, 0.25) is 0 Å². The first-order valence-corrected chi connectivity index (χ1v) is 4.50. The molecule has 1 aromatic carbocycles. The third-order valence-corrected chi connectivity index (χ3v) is 3.07. The minimum Gasteiger partial charge on any atom is -0.545 e. The second kappa shape index (κ2) is 5.80. The van der Waals surface area contributed by atoms with Crippen molar-refractivity contribution in [1.29, 1.82) is 0 Å². The van der Waals surface area contributed by atoms with E-state index >= 15 is 0 Å². The number of aromatic carboxylic acids is 1. The van der Waals surface area contributed by atoms with Gasteiger partial charge in [-0.25, -0.2) is 0 Å². The number of carboxylic acids is 1. The van der Waals surface area contributed by atoms with Gasteiger partial charge in [0.25, 0.3) is 0 Å². The molecule has 0 aromatic heterocycles. The quantitative estimate of drug-likeness (QED) is 0.402. The van der Waals surface area contributed by atoms with Gasteiger partial charge in [0.15, 0.2) is 0 Å². The van der Waals surface area contributed by atoms with E-state index in [-0.39, 0.29) is 55.2 Å². The molecule has 0 unspecified atom stereocenters. The Labute approximate surface area is 122 Å². The van der Waals surface area contributed by atoms with Gasteiger partial charge in [0, 0.05) is 5.56 Å². The summed E-state index contributed by atoms with van der Waals surface area (Å²) >= 11 is 22.3. The Kier molecular flexibility index (Phi) is 6.16. The van der Waals surface area contributed by atoms with E-state index in [1.807, 2.05) is 0 Å². The number of carbonyl (C=O) groups excluding carboxylic acids is 1. The van der Waals surface area contributed by atoms with Crippen molar-refractivity contribution >= 4 is 52.4 Å². The van der Waals surface area contributed by atoms with Gasteiger partial charge < -0.3 is 9.90 Å². The molecule has 1 aromatic rings. The molecule has 0 aliphatic rings. The van der Waals surface area contributed by atoms with Gasteiger partial charge in [-0.15, -0.1) is 0 Å². The molecule has 0 aliphatic carbocycles. The van der Waals surface area contributed by atoms with Gasteiger partial charge in [-0.2, -0.15) is 0 Å². The SMILES string of the molecule is O=C([O-])c1cc(Cl)c(Cl)c(Cl)c1Cl.[Na+]. The number of halogens is 4. The van der Waals surface area contributed by atoms with Crippen LogP contribution in [-0.2, 0) is 0 Å². The van der Waals surface area contributed by atoms with E-state index in [9.17, 15) is 9.90 Å². The summed E-state index contributed by atoms with van der Waals surface area (Å²) in [7, 11) is 0. The first-order valence-electron chi connectivity index (χ1n) is 2.99. The number of carboxylic acid groups (broad SMARTS) is 1. The van der Waals surface area contributed by atoms with Gasteiger partial charge in [0.1, 0.15) is 0 Å². The molecule has 70 valence electrons. The van der Waals surface area contributed by atoms with E-state index < -0.39 is 5.97 Å². The second-order valence-electron chi connectivity index (χ2n) is 2.14. The molecule has 7 heteroatoms. The first-order chi connectivity index (χ1) is 5.95. The third kappa shape index (κ3) is 2.92. The summed E-state index contributed by atoms with van der Waals surface area (Å²) in [6, 6.07) is 1.09. The van der Waals surface area contributed by atoms with Crippen molar-refractivity contribution < 1.29 is 39.5 Å². The van der Waals surface area contributed by atoms with Crippen molar-refractivity contribution in [3.8, 4) is 0 Å². The molecule has 0 aliphatic heterocycles. The summed E-state index contributed by atoms with van der Waals surface area (Å²) in [6.45, 7) is 0. The number of benzene rings is 1. The average molecular weight is 282 g/mol. The van der Waals surface area contributed by atoms with Crippen LogP contribution in [0.3, 0.4) is 0 Å². The van der Waals surface area contributed by atoms with Crippen LogP contribution < -0.4 is 34.7 Å². The summed E-state index contributed by atoms with van der Waals surface area (Å²) in [5.74, 6) is -1.45. The Hall–Kier alpha value is 0.850. The largest absolute Gasteiger partial charge is 1.00 e. The first kappa shape index (κ1) is 14.8. The standard InChI is InChI=1S/C7H2Cl4O2.Na/c8-3-1-2(7(12)13)4(9)6(11)5(3)10;/h1H,(H,12,13);/q;+1/p-1. The topological polar surface area (TPSA) is 40.1 Å². The van der Waals surface area contributed by atoms with Crippen LogP contribution in [0.25, 0.3) is 0 Å². The van der Waals surface area contributed by atoms with Crippen LogP contribution in [0.5, 0.6) is 0 Å². The van der Waals surface area contributed by atoms with Gasteiger partial charge >= 0.3 is 29.6 Å². The fourth-order valence-corrected chi connectivity index (χ4v) is 1.60. The Balaban J connectivity index is 0.00000169.